The molecule has 2 fully saturated rings. The number of rotatable bonds is 5. The molecular formula is C18H25Cl2N3O3S. The SMILES string of the molecule is COC(=O)N1CCN(C(=O)CCc2scc(Cl)c2Cl)C(CN2CCCC2)C1. The van der Waals surface area contributed by atoms with Crippen molar-refractivity contribution in [1.82, 2.24) is 14.7 Å². The molecule has 0 saturated carbocycles. The highest BCUT2D eigenvalue weighted by molar-refractivity contribution is 7.11. The summed E-state index contributed by atoms with van der Waals surface area (Å²) in [5, 5.41) is 2.90. The van der Waals surface area contributed by atoms with Crippen molar-refractivity contribution in [2.24, 2.45) is 0 Å². The van der Waals surface area contributed by atoms with E-state index in [1.165, 1.54) is 31.3 Å². The van der Waals surface area contributed by atoms with E-state index in [0.29, 0.717) is 42.5 Å². The number of amides is 2. The third-order valence-corrected chi connectivity index (χ3v) is 7.34. The number of hydrogen-bond donors (Lipinski definition) is 0. The van der Waals surface area contributed by atoms with Gasteiger partial charge < -0.3 is 19.4 Å². The molecule has 9 heteroatoms. The summed E-state index contributed by atoms with van der Waals surface area (Å²) in [6.07, 6.45) is 3.04. The molecule has 2 amide bonds. The van der Waals surface area contributed by atoms with Gasteiger partial charge in [0, 0.05) is 42.9 Å². The smallest absolute Gasteiger partial charge is 0.409 e. The predicted octanol–water partition coefficient (Wildman–Crippen LogP) is 3.36. The molecule has 1 atom stereocenters. The van der Waals surface area contributed by atoms with Crippen LogP contribution in [0.5, 0.6) is 0 Å². The van der Waals surface area contributed by atoms with Crippen LogP contribution in [0.4, 0.5) is 4.79 Å². The molecule has 1 unspecified atom stereocenters. The number of piperazine rings is 1. The second-order valence-corrected chi connectivity index (χ2v) is 8.73. The third kappa shape index (κ3) is 5.08. The average molecular weight is 434 g/mol. The Bertz CT molecular complexity index is 679. The highest BCUT2D eigenvalue weighted by Crippen LogP contribution is 2.32. The first kappa shape index (κ1) is 20.7. The van der Waals surface area contributed by atoms with E-state index in [1.54, 1.807) is 10.3 Å². The van der Waals surface area contributed by atoms with Crippen LogP contribution in [0.25, 0.3) is 0 Å². The highest BCUT2D eigenvalue weighted by atomic mass is 35.5. The molecule has 2 aliphatic rings. The Hall–Kier alpha value is -1.02. The van der Waals surface area contributed by atoms with Gasteiger partial charge in [0.05, 0.1) is 23.2 Å². The van der Waals surface area contributed by atoms with Crippen LogP contribution in [0.3, 0.4) is 0 Å². The van der Waals surface area contributed by atoms with Crippen molar-refractivity contribution in [1.29, 1.82) is 0 Å². The minimum Gasteiger partial charge on any atom is -0.453 e. The Morgan fingerprint density at radius 1 is 1.22 bits per heavy atom. The molecule has 0 aromatic carbocycles. The summed E-state index contributed by atoms with van der Waals surface area (Å²) in [4.78, 5) is 31.8. The van der Waals surface area contributed by atoms with Crippen LogP contribution in [0.2, 0.25) is 10.0 Å². The number of hydrogen-bond acceptors (Lipinski definition) is 5. The maximum atomic E-state index is 12.9. The number of likely N-dealkylation sites (tertiary alicyclic amines) is 1. The van der Waals surface area contributed by atoms with Crippen molar-refractivity contribution in [2.45, 2.75) is 31.7 Å². The lowest BCUT2D eigenvalue weighted by atomic mass is 10.1. The number of aryl methyl sites for hydroxylation is 1. The highest BCUT2D eigenvalue weighted by Gasteiger charge is 2.34. The number of methoxy groups -OCH3 is 1. The van der Waals surface area contributed by atoms with Crippen molar-refractivity contribution in [3.05, 3.63) is 20.3 Å². The van der Waals surface area contributed by atoms with Gasteiger partial charge in [-0.05, 0) is 32.4 Å². The zero-order valence-corrected chi connectivity index (χ0v) is 17.8. The molecule has 0 radical (unpaired) electrons. The maximum Gasteiger partial charge on any atom is 0.409 e. The van der Waals surface area contributed by atoms with E-state index in [1.807, 2.05) is 4.90 Å². The molecule has 27 heavy (non-hydrogen) atoms. The van der Waals surface area contributed by atoms with Gasteiger partial charge in [-0.25, -0.2) is 4.79 Å². The summed E-state index contributed by atoms with van der Waals surface area (Å²) in [6.45, 7) is 4.46. The van der Waals surface area contributed by atoms with Crippen LogP contribution in [-0.2, 0) is 16.0 Å². The summed E-state index contributed by atoms with van der Waals surface area (Å²) in [7, 11) is 1.39. The Kier molecular flexibility index (Phi) is 7.25. The molecule has 2 aliphatic heterocycles. The Morgan fingerprint density at radius 2 is 1.96 bits per heavy atom. The zero-order chi connectivity index (χ0) is 19.4. The van der Waals surface area contributed by atoms with Crippen molar-refractivity contribution in [3.63, 3.8) is 0 Å². The first-order valence-electron chi connectivity index (χ1n) is 9.25. The van der Waals surface area contributed by atoms with Crippen molar-refractivity contribution < 1.29 is 14.3 Å². The van der Waals surface area contributed by atoms with Gasteiger partial charge in [-0.2, -0.15) is 0 Å². The van der Waals surface area contributed by atoms with Gasteiger partial charge in [0.1, 0.15) is 0 Å². The van der Waals surface area contributed by atoms with Crippen LogP contribution in [0.1, 0.15) is 24.1 Å². The molecule has 1 aromatic heterocycles. The summed E-state index contributed by atoms with van der Waals surface area (Å²) in [5.41, 5.74) is 0. The molecule has 150 valence electrons. The lowest BCUT2D eigenvalue weighted by Crippen LogP contribution is -2.59. The zero-order valence-electron chi connectivity index (χ0n) is 15.5. The quantitative estimate of drug-likeness (QED) is 0.713. The third-order valence-electron chi connectivity index (χ3n) is 5.23. The standard InChI is InChI=1S/C18H25Cl2N3O3S/c1-26-18(25)22-8-9-23(13(11-22)10-21-6-2-3-7-21)16(24)5-4-15-17(20)14(19)12-27-15/h12-13H,2-11H2,1H3. The van der Waals surface area contributed by atoms with E-state index >= 15 is 0 Å². The van der Waals surface area contributed by atoms with Gasteiger partial charge in [-0.3, -0.25) is 4.79 Å². The largest absolute Gasteiger partial charge is 0.453 e. The maximum absolute atomic E-state index is 12.9. The van der Waals surface area contributed by atoms with E-state index in [-0.39, 0.29) is 18.0 Å². The van der Waals surface area contributed by atoms with Crippen LogP contribution in [0.15, 0.2) is 5.38 Å². The topological polar surface area (TPSA) is 53.1 Å². The first-order chi connectivity index (χ1) is 13.0. The van der Waals surface area contributed by atoms with E-state index in [0.717, 1.165) is 24.5 Å². The van der Waals surface area contributed by atoms with Gasteiger partial charge >= 0.3 is 6.09 Å². The Labute approximate surface area is 173 Å². The predicted molar refractivity (Wildman–Crippen MR) is 108 cm³/mol. The van der Waals surface area contributed by atoms with Gasteiger partial charge in [0.25, 0.3) is 0 Å². The van der Waals surface area contributed by atoms with Crippen LogP contribution >= 0.6 is 34.5 Å². The van der Waals surface area contributed by atoms with E-state index in [4.69, 9.17) is 27.9 Å². The molecule has 0 bridgehead atoms. The molecule has 0 N–H and O–H groups in total. The van der Waals surface area contributed by atoms with E-state index in [2.05, 4.69) is 4.90 Å². The summed E-state index contributed by atoms with van der Waals surface area (Å²) < 4.78 is 4.87. The van der Waals surface area contributed by atoms with Crippen molar-refractivity contribution in [2.75, 3.05) is 46.4 Å². The Balaban J connectivity index is 1.63. The molecule has 6 nitrogen and oxygen atoms in total. The molecule has 0 spiro atoms. The molecule has 3 heterocycles. The van der Waals surface area contributed by atoms with Crippen LogP contribution in [-0.4, -0.2) is 79.1 Å². The monoisotopic (exact) mass is 433 g/mol. The fourth-order valence-electron chi connectivity index (χ4n) is 3.79. The second-order valence-electron chi connectivity index (χ2n) is 6.99. The average Bonchev–Trinajstić information content (AvgIpc) is 3.30. The second kappa shape index (κ2) is 9.45. The fraction of sp³-hybridized carbons (Fsp3) is 0.667. The van der Waals surface area contributed by atoms with E-state index < -0.39 is 0 Å². The van der Waals surface area contributed by atoms with Gasteiger partial charge in [0.2, 0.25) is 5.91 Å². The minimum atomic E-state index is -0.325. The van der Waals surface area contributed by atoms with Gasteiger partial charge in [-0.1, -0.05) is 23.2 Å². The first-order valence-corrected chi connectivity index (χ1v) is 10.9. The number of ether oxygens (including phenoxy) is 1. The molecule has 0 aliphatic carbocycles. The number of carbonyl (C=O) groups is 2. The Morgan fingerprint density at radius 3 is 2.59 bits per heavy atom. The van der Waals surface area contributed by atoms with Crippen molar-refractivity contribution >= 4 is 46.5 Å². The van der Waals surface area contributed by atoms with Crippen LogP contribution in [0, 0.1) is 0 Å². The lowest BCUT2D eigenvalue weighted by molar-refractivity contribution is -0.136. The summed E-state index contributed by atoms with van der Waals surface area (Å²) >= 11 is 13.7. The number of carbonyl (C=O) groups excluding carboxylic acids is 2. The lowest BCUT2D eigenvalue weighted by Gasteiger charge is -2.42. The van der Waals surface area contributed by atoms with E-state index in [9.17, 15) is 9.59 Å². The number of halogens is 2. The van der Waals surface area contributed by atoms with Gasteiger partial charge in [0.15, 0.2) is 0 Å². The summed E-state index contributed by atoms with van der Waals surface area (Å²) in [5.74, 6) is 0.101. The molecule has 2 saturated heterocycles. The van der Waals surface area contributed by atoms with Gasteiger partial charge in [-0.15, -0.1) is 11.3 Å². The number of thiophene rings is 1. The summed E-state index contributed by atoms with van der Waals surface area (Å²) in [6, 6.07) is -0.00848. The molecule has 3 rings (SSSR count). The number of nitrogens with zero attached hydrogens (tertiary/aromatic N) is 3. The molecular weight excluding hydrogens is 409 g/mol. The normalized spacial score (nSPS) is 20.9. The van der Waals surface area contributed by atoms with Crippen molar-refractivity contribution in [3.8, 4) is 0 Å². The molecule has 1 aromatic rings. The fourth-order valence-corrected chi connectivity index (χ4v) is 5.24. The minimum absolute atomic E-state index is 0.00848. The van der Waals surface area contributed by atoms with Crippen LogP contribution < -0.4 is 0 Å².